The maximum Gasteiger partial charge on any atom is 0.144 e. The molecule has 0 amide bonds. The van der Waals surface area contributed by atoms with Gasteiger partial charge < -0.3 is 5.32 Å². The summed E-state index contributed by atoms with van der Waals surface area (Å²) in [5, 5.41) is 3.54. The van der Waals surface area contributed by atoms with Gasteiger partial charge in [0.1, 0.15) is 5.82 Å². The smallest absolute Gasteiger partial charge is 0.144 e. The van der Waals surface area contributed by atoms with Gasteiger partial charge in [-0.2, -0.15) is 0 Å². The van der Waals surface area contributed by atoms with Crippen LogP contribution in [0.5, 0.6) is 0 Å². The molecule has 0 aromatic carbocycles. The van der Waals surface area contributed by atoms with E-state index in [1.54, 1.807) is 12.4 Å². The lowest BCUT2D eigenvalue weighted by atomic mass is 9.79. The molecular formula is C16H26N4. The van der Waals surface area contributed by atoms with Crippen LogP contribution in [0.4, 0.5) is 5.82 Å². The van der Waals surface area contributed by atoms with Crippen molar-refractivity contribution >= 4 is 5.82 Å². The molecular weight excluding hydrogens is 248 g/mol. The van der Waals surface area contributed by atoms with Gasteiger partial charge in [0.25, 0.3) is 0 Å². The van der Waals surface area contributed by atoms with E-state index < -0.39 is 0 Å². The van der Waals surface area contributed by atoms with Crippen molar-refractivity contribution in [3.05, 3.63) is 18.6 Å². The first-order chi connectivity index (χ1) is 9.89. The monoisotopic (exact) mass is 274 g/mol. The van der Waals surface area contributed by atoms with Gasteiger partial charge in [-0.3, -0.25) is 9.88 Å². The molecule has 3 rings (SSSR count). The predicted molar refractivity (Wildman–Crippen MR) is 81.8 cm³/mol. The van der Waals surface area contributed by atoms with Gasteiger partial charge in [-0.05, 0) is 38.8 Å². The first-order valence-corrected chi connectivity index (χ1v) is 8.14. The molecule has 20 heavy (non-hydrogen) atoms. The Hall–Kier alpha value is -1.16. The first kappa shape index (κ1) is 13.8. The van der Waals surface area contributed by atoms with Crippen LogP contribution >= 0.6 is 0 Å². The Morgan fingerprint density at radius 2 is 1.75 bits per heavy atom. The van der Waals surface area contributed by atoms with Crippen LogP contribution in [0.25, 0.3) is 0 Å². The third kappa shape index (κ3) is 3.11. The lowest BCUT2D eigenvalue weighted by Gasteiger charge is -2.48. The van der Waals surface area contributed by atoms with Gasteiger partial charge in [0, 0.05) is 24.5 Å². The number of anilines is 1. The van der Waals surface area contributed by atoms with Gasteiger partial charge in [-0.15, -0.1) is 0 Å². The number of hydrogen-bond donors (Lipinski definition) is 1. The van der Waals surface area contributed by atoms with Gasteiger partial charge >= 0.3 is 0 Å². The normalized spacial score (nSPS) is 23.4. The van der Waals surface area contributed by atoms with E-state index in [2.05, 4.69) is 20.2 Å². The van der Waals surface area contributed by atoms with Crippen LogP contribution in [0.3, 0.4) is 0 Å². The Bertz CT molecular complexity index is 394. The summed E-state index contributed by atoms with van der Waals surface area (Å²) in [4.78, 5) is 11.3. The van der Waals surface area contributed by atoms with Gasteiger partial charge in [-0.25, -0.2) is 4.98 Å². The lowest BCUT2D eigenvalue weighted by Crippen LogP contribution is -2.56. The zero-order valence-corrected chi connectivity index (χ0v) is 12.4. The van der Waals surface area contributed by atoms with Gasteiger partial charge in [0.05, 0.1) is 6.20 Å². The molecule has 0 unspecified atom stereocenters. The molecule has 0 radical (unpaired) electrons. The summed E-state index contributed by atoms with van der Waals surface area (Å²) >= 11 is 0. The van der Waals surface area contributed by atoms with Gasteiger partial charge in [0.15, 0.2) is 0 Å². The van der Waals surface area contributed by atoms with Crippen molar-refractivity contribution in [3.63, 3.8) is 0 Å². The van der Waals surface area contributed by atoms with E-state index in [0.29, 0.717) is 5.54 Å². The molecule has 1 aromatic rings. The Labute approximate surface area is 122 Å². The summed E-state index contributed by atoms with van der Waals surface area (Å²) in [6, 6.07) is 0. The number of piperidine rings is 1. The molecule has 1 aliphatic heterocycles. The number of aromatic nitrogens is 2. The van der Waals surface area contributed by atoms with E-state index in [9.17, 15) is 0 Å². The van der Waals surface area contributed by atoms with Crippen LogP contribution in [0.15, 0.2) is 18.6 Å². The summed E-state index contributed by atoms with van der Waals surface area (Å²) < 4.78 is 0. The molecule has 4 nitrogen and oxygen atoms in total. The summed E-state index contributed by atoms with van der Waals surface area (Å²) in [5.41, 5.74) is 0.357. The fourth-order valence-electron chi connectivity index (χ4n) is 3.83. The highest BCUT2D eigenvalue weighted by atomic mass is 15.2. The van der Waals surface area contributed by atoms with Crippen molar-refractivity contribution < 1.29 is 0 Å². The van der Waals surface area contributed by atoms with Crippen LogP contribution < -0.4 is 5.32 Å². The molecule has 1 aromatic heterocycles. The average molecular weight is 274 g/mol. The van der Waals surface area contributed by atoms with Crippen LogP contribution in [0, 0.1) is 0 Å². The highest BCUT2D eigenvalue weighted by molar-refractivity contribution is 5.31. The van der Waals surface area contributed by atoms with E-state index in [1.807, 2.05) is 6.20 Å². The second-order valence-electron chi connectivity index (χ2n) is 6.28. The average Bonchev–Trinajstić information content (AvgIpc) is 2.56. The molecule has 2 aliphatic rings. The minimum Gasteiger partial charge on any atom is -0.367 e. The zero-order valence-electron chi connectivity index (χ0n) is 12.4. The minimum absolute atomic E-state index is 0.357. The summed E-state index contributed by atoms with van der Waals surface area (Å²) in [5.74, 6) is 0.912. The Kier molecular flexibility index (Phi) is 4.51. The largest absolute Gasteiger partial charge is 0.367 e. The van der Waals surface area contributed by atoms with Gasteiger partial charge in [0.2, 0.25) is 0 Å². The van der Waals surface area contributed by atoms with Crippen molar-refractivity contribution in [1.82, 2.24) is 14.9 Å². The topological polar surface area (TPSA) is 41.1 Å². The molecule has 2 heterocycles. The van der Waals surface area contributed by atoms with Crippen LogP contribution in [-0.2, 0) is 0 Å². The lowest BCUT2D eigenvalue weighted by molar-refractivity contribution is 0.0437. The maximum atomic E-state index is 4.35. The highest BCUT2D eigenvalue weighted by Crippen LogP contribution is 2.35. The molecule has 110 valence electrons. The van der Waals surface area contributed by atoms with Crippen molar-refractivity contribution in [2.75, 3.05) is 25.0 Å². The van der Waals surface area contributed by atoms with E-state index >= 15 is 0 Å². The van der Waals surface area contributed by atoms with Crippen molar-refractivity contribution in [1.29, 1.82) is 0 Å². The highest BCUT2D eigenvalue weighted by Gasteiger charge is 2.38. The van der Waals surface area contributed by atoms with Crippen LogP contribution in [0.2, 0.25) is 0 Å². The molecule has 0 atom stereocenters. The molecule has 0 bridgehead atoms. The number of rotatable bonds is 4. The Morgan fingerprint density at radius 1 is 1.00 bits per heavy atom. The SMILES string of the molecule is c1cnc(NCC2(N3CCCCC3)CCCCC2)cn1. The third-order valence-corrected chi connectivity index (χ3v) is 4.97. The van der Waals surface area contributed by atoms with Crippen LogP contribution in [-0.4, -0.2) is 40.0 Å². The van der Waals surface area contributed by atoms with Crippen LogP contribution in [0.1, 0.15) is 51.4 Å². The second-order valence-corrected chi connectivity index (χ2v) is 6.28. The van der Waals surface area contributed by atoms with Crippen molar-refractivity contribution in [3.8, 4) is 0 Å². The summed E-state index contributed by atoms with van der Waals surface area (Å²) in [7, 11) is 0. The number of hydrogen-bond acceptors (Lipinski definition) is 4. The predicted octanol–water partition coefficient (Wildman–Crippen LogP) is 3.08. The van der Waals surface area contributed by atoms with Crippen molar-refractivity contribution in [2.24, 2.45) is 0 Å². The molecule has 1 aliphatic carbocycles. The summed E-state index contributed by atoms with van der Waals surface area (Å²) in [6.07, 6.45) is 16.3. The first-order valence-electron chi connectivity index (χ1n) is 8.14. The van der Waals surface area contributed by atoms with E-state index in [1.165, 1.54) is 64.5 Å². The maximum absolute atomic E-state index is 4.35. The zero-order chi connectivity index (χ0) is 13.7. The molecule has 1 saturated carbocycles. The fraction of sp³-hybridized carbons (Fsp3) is 0.750. The van der Waals surface area contributed by atoms with Crippen molar-refractivity contribution in [2.45, 2.75) is 56.9 Å². The second kappa shape index (κ2) is 6.53. The van der Waals surface area contributed by atoms with E-state index in [4.69, 9.17) is 0 Å². The third-order valence-electron chi connectivity index (χ3n) is 4.97. The summed E-state index contributed by atoms with van der Waals surface area (Å²) in [6.45, 7) is 3.58. The van der Waals surface area contributed by atoms with E-state index in [-0.39, 0.29) is 0 Å². The molecule has 4 heteroatoms. The number of nitrogens with one attached hydrogen (secondary N) is 1. The molecule has 1 saturated heterocycles. The molecule has 1 N–H and O–H groups in total. The molecule has 0 spiro atoms. The Morgan fingerprint density at radius 3 is 2.45 bits per heavy atom. The number of nitrogens with zero attached hydrogens (tertiary/aromatic N) is 3. The van der Waals surface area contributed by atoms with E-state index in [0.717, 1.165) is 12.4 Å². The fourth-order valence-corrected chi connectivity index (χ4v) is 3.83. The standard InChI is InChI=1S/C16H26N4/c1-3-7-16(8-4-1,20-11-5-2-6-12-20)14-19-15-13-17-9-10-18-15/h9-10,13H,1-8,11-12,14H2,(H,18,19). The van der Waals surface area contributed by atoms with Gasteiger partial charge in [-0.1, -0.05) is 25.7 Å². The minimum atomic E-state index is 0.357. The molecule has 2 fully saturated rings. The quantitative estimate of drug-likeness (QED) is 0.916. The Balaban J connectivity index is 1.68. The number of likely N-dealkylation sites (tertiary alicyclic amines) is 1.